The maximum Gasteiger partial charge on any atom is 0.0513 e. The van der Waals surface area contributed by atoms with Crippen LogP contribution in [0.4, 0.5) is 0 Å². The molecular formula is C26H38N2. The number of hydrogen-bond acceptors (Lipinski definition) is 2. The lowest BCUT2D eigenvalue weighted by Crippen LogP contribution is -2.15. The number of hydrogen-bond donors (Lipinski definition) is 2. The van der Waals surface area contributed by atoms with E-state index in [-0.39, 0.29) is 6.04 Å². The average molecular weight is 379 g/mol. The van der Waals surface area contributed by atoms with Crippen LogP contribution in [0.3, 0.4) is 0 Å². The predicted octanol–water partition coefficient (Wildman–Crippen LogP) is 6.44. The van der Waals surface area contributed by atoms with Crippen molar-refractivity contribution >= 4 is 0 Å². The first-order valence-corrected chi connectivity index (χ1v) is 10.1. The van der Waals surface area contributed by atoms with E-state index in [1.807, 2.05) is 20.0 Å². The van der Waals surface area contributed by atoms with E-state index in [0.29, 0.717) is 0 Å². The minimum Gasteiger partial charge on any atom is -0.333 e. The molecule has 0 aromatic heterocycles. The Morgan fingerprint density at radius 2 is 1.75 bits per heavy atom. The topological polar surface area (TPSA) is 38.0 Å². The number of nitrogens with two attached hydrogens (primary N) is 1. The molecule has 0 fully saturated rings. The molecule has 152 valence electrons. The van der Waals surface area contributed by atoms with Crippen LogP contribution < -0.4 is 11.1 Å². The molecule has 1 atom stereocenters. The molecule has 0 amide bonds. The van der Waals surface area contributed by atoms with Gasteiger partial charge in [0.05, 0.1) is 6.04 Å². The summed E-state index contributed by atoms with van der Waals surface area (Å²) in [5.41, 5.74) is 9.38. The van der Waals surface area contributed by atoms with Gasteiger partial charge < -0.3 is 11.1 Å². The lowest BCUT2D eigenvalue weighted by Gasteiger charge is -2.18. The van der Waals surface area contributed by atoms with E-state index in [9.17, 15) is 0 Å². The van der Waals surface area contributed by atoms with Crippen molar-refractivity contribution in [1.82, 2.24) is 5.32 Å². The molecule has 0 heterocycles. The van der Waals surface area contributed by atoms with E-state index in [1.54, 1.807) is 0 Å². The Morgan fingerprint density at radius 1 is 1.07 bits per heavy atom. The third kappa shape index (κ3) is 8.98. The normalized spacial score (nSPS) is 14.1. The first-order valence-electron chi connectivity index (χ1n) is 10.1. The van der Waals surface area contributed by atoms with E-state index in [0.717, 1.165) is 12.8 Å². The lowest BCUT2D eigenvalue weighted by molar-refractivity contribution is 0.711. The first kappa shape index (κ1) is 25.6. The zero-order chi connectivity index (χ0) is 21.2. The van der Waals surface area contributed by atoms with Crippen molar-refractivity contribution in [2.45, 2.75) is 39.7 Å². The molecule has 0 bridgehead atoms. The van der Waals surface area contributed by atoms with Gasteiger partial charge in [0.1, 0.15) is 0 Å². The second-order valence-electron chi connectivity index (χ2n) is 5.99. The third-order valence-electron chi connectivity index (χ3n) is 4.03. The van der Waals surface area contributed by atoms with E-state index >= 15 is 0 Å². The van der Waals surface area contributed by atoms with Gasteiger partial charge in [0, 0.05) is 0 Å². The Hall–Kier alpha value is -2.42. The number of benzene rings is 1. The molecule has 28 heavy (non-hydrogen) atoms. The van der Waals surface area contributed by atoms with Gasteiger partial charge in [0.15, 0.2) is 0 Å². The van der Waals surface area contributed by atoms with Crippen LogP contribution in [0.5, 0.6) is 0 Å². The molecule has 0 radical (unpaired) electrons. The van der Waals surface area contributed by atoms with Gasteiger partial charge in [-0.15, -0.1) is 0 Å². The summed E-state index contributed by atoms with van der Waals surface area (Å²) in [5, 5.41) is 3.44. The van der Waals surface area contributed by atoms with Crippen molar-refractivity contribution in [2.75, 3.05) is 14.1 Å². The fourth-order valence-electron chi connectivity index (χ4n) is 2.81. The zero-order valence-electron chi connectivity index (χ0n) is 18.3. The van der Waals surface area contributed by atoms with Crippen LogP contribution in [0.15, 0.2) is 102 Å². The van der Waals surface area contributed by atoms with Gasteiger partial charge in [-0.3, -0.25) is 0 Å². The lowest BCUT2D eigenvalue weighted by atomic mass is 9.91. The number of rotatable bonds is 10. The minimum absolute atomic E-state index is 0.139. The molecule has 1 rings (SSSR count). The summed E-state index contributed by atoms with van der Waals surface area (Å²) in [4.78, 5) is 0. The van der Waals surface area contributed by atoms with Crippen LogP contribution in [0.25, 0.3) is 0 Å². The SMILES string of the molecule is C=C/C=C(\C=C/C)C(=C/C(NC)c1ccccc1)/C(/C=C\CC)=C/CC.CN. The highest BCUT2D eigenvalue weighted by Crippen LogP contribution is 2.27. The van der Waals surface area contributed by atoms with E-state index in [2.05, 4.69) is 104 Å². The van der Waals surface area contributed by atoms with Gasteiger partial charge in [-0.25, -0.2) is 0 Å². The van der Waals surface area contributed by atoms with Crippen LogP contribution in [0, 0.1) is 0 Å². The Balaban J connectivity index is 0.00000352. The largest absolute Gasteiger partial charge is 0.333 e. The molecule has 0 spiro atoms. The Labute approximate surface area is 172 Å². The summed E-state index contributed by atoms with van der Waals surface area (Å²) in [7, 11) is 3.50. The van der Waals surface area contributed by atoms with Gasteiger partial charge in [0.2, 0.25) is 0 Å². The summed E-state index contributed by atoms with van der Waals surface area (Å²) in [5.74, 6) is 0. The number of likely N-dealkylation sites (N-methyl/N-ethyl adjacent to an activating group) is 1. The van der Waals surface area contributed by atoms with Crippen LogP contribution >= 0.6 is 0 Å². The fraction of sp³-hybridized carbons (Fsp3) is 0.308. The smallest absolute Gasteiger partial charge is 0.0513 e. The molecule has 1 aromatic rings. The zero-order valence-corrected chi connectivity index (χ0v) is 18.3. The minimum atomic E-state index is 0.139. The van der Waals surface area contributed by atoms with Crippen molar-refractivity contribution in [1.29, 1.82) is 0 Å². The first-order chi connectivity index (χ1) is 13.7. The highest BCUT2D eigenvalue weighted by atomic mass is 14.9. The van der Waals surface area contributed by atoms with Crippen molar-refractivity contribution in [3.63, 3.8) is 0 Å². The van der Waals surface area contributed by atoms with Gasteiger partial charge >= 0.3 is 0 Å². The highest BCUT2D eigenvalue weighted by molar-refractivity contribution is 5.57. The molecule has 2 nitrogen and oxygen atoms in total. The molecule has 2 heteroatoms. The van der Waals surface area contributed by atoms with Gasteiger partial charge in [-0.05, 0) is 56.1 Å². The predicted molar refractivity (Wildman–Crippen MR) is 127 cm³/mol. The monoisotopic (exact) mass is 378 g/mol. The molecule has 0 aliphatic rings. The number of nitrogens with one attached hydrogen (secondary N) is 1. The fourth-order valence-corrected chi connectivity index (χ4v) is 2.81. The molecule has 0 saturated carbocycles. The van der Waals surface area contributed by atoms with Crippen molar-refractivity contribution in [3.8, 4) is 0 Å². The Morgan fingerprint density at radius 3 is 2.25 bits per heavy atom. The summed E-state index contributed by atoms with van der Waals surface area (Å²) in [6.45, 7) is 10.3. The third-order valence-corrected chi connectivity index (χ3v) is 4.03. The molecule has 1 aromatic carbocycles. The second kappa shape index (κ2) is 16.7. The molecular weight excluding hydrogens is 340 g/mol. The maximum atomic E-state index is 4.50. The summed E-state index contributed by atoms with van der Waals surface area (Å²) < 4.78 is 0. The maximum absolute atomic E-state index is 4.50. The van der Waals surface area contributed by atoms with Crippen LogP contribution in [0.2, 0.25) is 0 Å². The molecule has 1 unspecified atom stereocenters. The summed E-state index contributed by atoms with van der Waals surface area (Å²) >= 11 is 0. The van der Waals surface area contributed by atoms with Gasteiger partial charge in [-0.1, -0.05) is 99.4 Å². The van der Waals surface area contributed by atoms with Crippen molar-refractivity contribution in [2.24, 2.45) is 5.73 Å². The Bertz CT molecular complexity index is 688. The van der Waals surface area contributed by atoms with Crippen molar-refractivity contribution < 1.29 is 0 Å². The van der Waals surface area contributed by atoms with E-state index in [1.165, 1.54) is 29.3 Å². The van der Waals surface area contributed by atoms with Crippen LogP contribution in [-0.4, -0.2) is 14.1 Å². The van der Waals surface area contributed by atoms with Gasteiger partial charge in [0.25, 0.3) is 0 Å². The van der Waals surface area contributed by atoms with Crippen molar-refractivity contribution in [3.05, 3.63) is 108 Å². The average Bonchev–Trinajstić information content (AvgIpc) is 2.74. The molecule has 0 saturated heterocycles. The Kier molecular flexibility index (Phi) is 15.3. The molecule has 3 N–H and O–H groups in total. The summed E-state index contributed by atoms with van der Waals surface area (Å²) in [6, 6.07) is 10.7. The van der Waals surface area contributed by atoms with Crippen LogP contribution in [0.1, 0.15) is 45.2 Å². The molecule has 0 aliphatic carbocycles. The van der Waals surface area contributed by atoms with E-state index < -0.39 is 0 Å². The summed E-state index contributed by atoms with van der Waals surface area (Å²) in [6.07, 6.45) is 19.2. The highest BCUT2D eigenvalue weighted by Gasteiger charge is 2.12. The van der Waals surface area contributed by atoms with E-state index in [4.69, 9.17) is 0 Å². The quantitative estimate of drug-likeness (QED) is 0.460. The van der Waals surface area contributed by atoms with Gasteiger partial charge in [-0.2, -0.15) is 0 Å². The second-order valence-corrected chi connectivity index (χ2v) is 5.99. The molecule has 0 aliphatic heterocycles. The standard InChI is InChI=1S/C25H33N.CH5N/c1-6-10-17-22(16-9-4)24(21(14-7-2)15-8-3)20-25(26-5)23-18-12-11-13-19-23;1-2/h7-8,10-20,25-26H,2,6,9H2,1,3-5H3;2H2,1H3/b15-8-,17-10-,21-14+,22-16+,24-20-;. The van der Waals surface area contributed by atoms with Crippen LogP contribution in [-0.2, 0) is 0 Å². The number of allylic oxidation sites excluding steroid dienone is 10.